The highest BCUT2D eigenvalue weighted by atomic mass is 19.2. The van der Waals surface area contributed by atoms with Crippen molar-refractivity contribution in [2.75, 3.05) is 16.8 Å². The summed E-state index contributed by atoms with van der Waals surface area (Å²) in [5.74, 6) is -1.53. The third-order valence-corrected chi connectivity index (χ3v) is 3.73. The molecule has 1 N–H and O–H groups in total. The van der Waals surface area contributed by atoms with Crippen LogP contribution in [-0.2, 0) is 11.3 Å². The van der Waals surface area contributed by atoms with Crippen LogP contribution in [0.1, 0.15) is 18.4 Å². The molecular formula is C17H16F2N2O. The molecule has 0 aromatic heterocycles. The summed E-state index contributed by atoms with van der Waals surface area (Å²) in [4.78, 5) is 13.5. The smallest absolute Gasteiger partial charge is 0.227 e. The zero-order chi connectivity index (χ0) is 15.5. The molecule has 3 rings (SSSR count). The molecule has 0 radical (unpaired) electrons. The Hall–Kier alpha value is -2.43. The number of anilines is 2. The van der Waals surface area contributed by atoms with Gasteiger partial charge in [-0.25, -0.2) is 8.78 Å². The lowest BCUT2D eigenvalue weighted by Gasteiger charge is -2.16. The van der Waals surface area contributed by atoms with Crippen molar-refractivity contribution in [1.82, 2.24) is 0 Å². The summed E-state index contributed by atoms with van der Waals surface area (Å²) in [5, 5.41) is 3.14. The van der Waals surface area contributed by atoms with Gasteiger partial charge in [0.05, 0.1) is 0 Å². The molecule has 0 aliphatic carbocycles. The van der Waals surface area contributed by atoms with E-state index in [1.165, 1.54) is 6.07 Å². The highest BCUT2D eigenvalue weighted by Gasteiger charge is 2.21. The number of hydrogen-bond acceptors (Lipinski definition) is 2. The molecule has 1 aliphatic heterocycles. The van der Waals surface area contributed by atoms with Crippen LogP contribution in [0.25, 0.3) is 0 Å². The molecular weight excluding hydrogens is 286 g/mol. The number of amides is 1. The molecule has 0 saturated carbocycles. The van der Waals surface area contributed by atoms with Gasteiger partial charge in [-0.15, -0.1) is 0 Å². The number of nitrogens with one attached hydrogen (secondary N) is 1. The molecule has 0 spiro atoms. The van der Waals surface area contributed by atoms with E-state index in [-0.39, 0.29) is 5.91 Å². The van der Waals surface area contributed by atoms with Crippen molar-refractivity contribution in [2.45, 2.75) is 19.4 Å². The molecule has 1 heterocycles. The third-order valence-electron chi connectivity index (χ3n) is 3.73. The quantitative estimate of drug-likeness (QED) is 0.934. The number of carbonyl (C=O) groups is 1. The van der Waals surface area contributed by atoms with E-state index in [2.05, 4.69) is 5.32 Å². The molecule has 1 amide bonds. The lowest BCUT2D eigenvalue weighted by atomic mass is 10.2. The van der Waals surface area contributed by atoms with E-state index < -0.39 is 11.6 Å². The van der Waals surface area contributed by atoms with Gasteiger partial charge in [0.1, 0.15) is 0 Å². The first-order chi connectivity index (χ1) is 10.6. The molecule has 1 saturated heterocycles. The fourth-order valence-corrected chi connectivity index (χ4v) is 2.53. The second kappa shape index (κ2) is 6.13. The Balaban J connectivity index is 1.63. The van der Waals surface area contributed by atoms with Gasteiger partial charge >= 0.3 is 0 Å². The van der Waals surface area contributed by atoms with Crippen molar-refractivity contribution in [3.63, 3.8) is 0 Å². The minimum Gasteiger partial charge on any atom is -0.381 e. The van der Waals surface area contributed by atoms with Gasteiger partial charge in [-0.3, -0.25) is 4.79 Å². The molecule has 1 aliphatic rings. The molecule has 0 unspecified atom stereocenters. The normalized spacial score (nSPS) is 14.5. The minimum absolute atomic E-state index is 0.155. The lowest BCUT2D eigenvalue weighted by molar-refractivity contribution is -0.117. The van der Waals surface area contributed by atoms with Gasteiger partial charge in [0.25, 0.3) is 0 Å². The first-order valence-electron chi connectivity index (χ1n) is 7.22. The number of benzene rings is 2. The van der Waals surface area contributed by atoms with Gasteiger partial charge in [0.15, 0.2) is 11.6 Å². The molecule has 0 bridgehead atoms. The maximum atomic E-state index is 13.1. The topological polar surface area (TPSA) is 32.3 Å². The summed E-state index contributed by atoms with van der Waals surface area (Å²) in [6.07, 6.45) is 1.51. The van der Waals surface area contributed by atoms with E-state index in [1.54, 1.807) is 11.0 Å². The molecule has 1 fully saturated rings. The van der Waals surface area contributed by atoms with Gasteiger partial charge in [0, 0.05) is 30.9 Å². The average molecular weight is 302 g/mol. The molecule has 2 aromatic carbocycles. The van der Waals surface area contributed by atoms with Crippen LogP contribution < -0.4 is 10.2 Å². The summed E-state index contributed by atoms with van der Waals surface area (Å²) in [5.41, 5.74) is 2.42. The van der Waals surface area contributed by atoms with E-state index in [1.807, 2.05) is 24.3 Å². The van der Waals surface area contributed by atoms with Crippen molar-refractivity contribution in [1.29, 1.82) is 0 Å². The van der Waals surface area contributed by atoms with Gasteiger partial charge in [-0.05, 0) is 48.4 Å². The lowest BCUT2D eigenvalue weighted by Crippen LogP contribution is -2.23. The standard InChI is InChI=1S/C17H16F2N2O/c18-15-8-3-12(10-16(15)19)11-20-13-4-6-14(7-5-13)21-9-1-2-17(21)22/h3-8,10,20H,1-2,9,11H2. The summed E-state index contributed by atoms with van der Waals surface area (Å²) in [6, 6.07) is 11.4. The van der Waals surface area contributed by atoms with Crippen molar-refractivity contribution >= 4 is 17.3 Å². The maximum Gasteiger partial charge on any atom is 0.227 e. The van der Waals surface area contributed by atoms with Gasteiger partial charge < -0.3 is 10.2 Å². The second-order valence-electron chi connectivity index (χ2n) is 5.30. The Morgan fingerprint density at radius 1 is 1.05 bits per heavy atom. The van der Waals surface area contributed by atoms with Crippen LogP contribution in [0, 0.1) is 11.6 Å². The first-order valence-corrected chi connectivity index (χ1v) is 7.22. The molecule has 2 aromatic rings. The third kappa shape index (κ3) is 3.08. The molecule has 3 nitrogen and oxygen atoms in total. The fourth-order valence-electron chi connectivity index (χ4n) is 2.53. The van der Waals surface area contributed by atoms with Gasteiger partial charge in [-0.2, -0.15) is 0 Å². The summed E-state index contributed by atoms with van der Waals surface area (Å²) in [6.45, 7) is 1.17. The van der Waals surface area contributed by atoms with Crippen LogP contribution in [0.2, 0.25) is 0 Å². The predicted octanol–water partition coefficient (Wildman–Crippen LogP) is 3.70. The van der Waals surface area contributed by atoms with Crippen LogP contribution in [0.3, 0.4) is 0 Å². The molecule has 5 heteroatoms. The predicted molar refractivity (Wildman–Crippen MR) is 81.7 cm³/mol. The Morgan fingerprint density at radius 3 is 2.45 bits per heavy atom. The summed E-state index contributed by atoms with van der Waals surface area (Å²) >= 11 is 0. The van der Waals surface area contributed by atoms with Crippen LogP contribution in [-0.4, -0.2) is 12.5 Å². The van der Waals surface area contributed by atoms with Crippen molar-refractivity contribution < 1.29 is 13.6 Å². The van der Waals surface area contributed by atoms with Crippen LogP contribution >= 0.6 is 0 Å². The maximum absolute atomic E-state index is 13.1. The molecule has 22 heavy (non-hydrogen) atoms. The van der Waals surface area contributed by atoms with E-state index in [9.17, 15) is 13.6 Å². The Labute approximate surface area is 127 Å². The van der Waals surface area contributed by atoms with Gasteiger partial charge in [-0.1, -0.05) is 6.07 Å². The Morgan fingerprint density at radius 2 is 1.82 bits per heavy atom. The largest absolute Gasteiger partial charge is 0.381 e. The van der Waals surface area contributed by atoms with E-state index in [4.69, 9.17) is 0 Å². The number of rotatable bonds is 4. The van der Waals surface area contributed by atoms with Crippen LogP contribution in [0.4, 0.5) is 20.2 Å². The monoisotopic (exact) mass is 302 g/mol. The highest BCUT2D eigenvalue weighted by Crippen LogP contribution is 2.23. The number of carbonyl (C=O) groups excluding carboxylic acids is 1. The Bertz CT molecular complexity index is 686. The van der Waals surface area contributed by atoms with Crippen molar-refractivity contribution in [2.24, 2.45) is 0 Å². The van der Waals surface area contributed by atoms with Crippen LogP contribution in [0.15, 0.2) is 42.5 Å². The van der Waals surface area contributed by atoms with E-state index in [0.717, 1.165) is 30.4 Å². The zero-order valence-electron chi connectivity index (χ0n) is 12.0. The zero-order valence-corrected chi connectivity index (χ0v) is 12.0. The molecule has 0 atom stereocenters. The fraction of sp³-hybridized carbons (Fsp3) is 0.235. The SMILES string of the molecule is O=C1CCCN1c1ccc(NCc2ccc(F)c(F)c2)cc1. The van der Waals surface area contributed by atoms with Crippen molar-refractivity contribution in [3.05, 3.63) is 59.7 Å². The highest BCUT2D eigenvalue weighted by molar-refractivity contribution is 5.95. The summed E-state index contributed by atoms with van der Waals surface area (Å²) in [7, 11) is 0. The minimum atomic E-state index is -0.845. The second-order valence-corrected chi connectivity index (χ2v) is 5.30. The number of hydrogen-bond donors (Lipinski definition) is 1. The van der Waals surface area contributed by atoms with Gasteiger partial charge in [0.2, 0.25) is 5.91 Å². The number of nitrogens with zero attached hydrogens (tertiary/aromatic N) is 1. The Kier molecular flexibility index (Phi) is 4.04. The van der Waals surface area contributed by atoms with E-state index in [0.29, 0.717) is 18.5 Å². The van der Waals surface area contributed by atoms with Crippen LogP contribution in [0.5, 0.6) is 0 Å². The summed E-state index contributed by atoms with van der Waals surface area (Å²) < 4.78 is 26.0. The number of halogens is 2. The average Bonchev–Trinajstić information content (AvgIpc) is 2.95. The molecule has 114 valence electrons. The first kappa shape index (κ1) is 14.5. The van der Waals surface area contributed by atoms with Crippen molar-refractivity contribution in [3.8, 4) is 0 Å². The van der Waals surface area contributed by atoms with E-state index >= 15 is 0 Å².